The third-order valence-corrected chi connectivity index (χ3v) is 7.46. The number of nitrogens with two attached hydrogens (primary N) is 1. The van der Waals surface area contributed by atoms with Crippen molar-refractivity contribution in [1.82, 2.24) is 19.9 Å². The Bertz CT molecular complexity index is 1740. The minimum atomic E-state index is -1.02. The van der Waals surface area contributed by atoms with Crippen LogP contribution in [0.15, 0.2) is 71.9 Å². The van der Waals surface area contributed by atoms with Crippen LogP contribution in [0.25, 0.3) is 5.69 Å². The molecule has 0 spiro atoms. The van der Waals surface area contributed by atoms with Crippen molar-refractivity contribution in [2.24, 2.45) is 4.99 Å². The van der Waals surface area contributed by atoms with Gasteiger partial charge < -0.3 is 20.7 Å². The first-order valence-electron chi connectivity index (χ1n) is 13.4. The van der Waals surface area contributed by atoms with E-state index < -0.39 is 23.8 Å². The molecule has 1 unspecified atom stereocenters. The molecule has 1 fully saturated rings. The molecule has 0 bridgehead atoms. The van der Waals surface area contributed by atoms with Crippen molar-refractivity contribution < 1.29 is 19.1 Å². The third-order valence-electron chi connectivity index (χ3n) is 7.05. The van der Waals surface area contributed by atoms with E-state index in [4.69, 9.17) is 33.7 Å². The van der Waals surface area contributed by atoms with Gasteiger partial charge in [0.15, 0.2) is 5.15 Å². The lowest BCUT2D eigenvalue weighted by Gasteiger charge is -2.38. The molecule has 1 aromatic heterocycles. The summed E-state index contributed by atoms with van der Waals surface area (Å²) in [7, 11) is 3.17. The van der Waals surface area contributed by atoms with Crippen molar-refractivity contribution in [3.63, 3.8) is 0 Å². The van der Waals surface area contributed by atoms with Gasteiger partial charge in [-0.1, -0.05) is 40.5 Å². The van der Waals surface area contributed by atoms with Crippen LogP contribution in [-0.2, 0) is 20.8 Å². The summed E-state index contributed by atoms with van der Waals surface area (Å²) in [4.78, 5) is 47.8. The molecule has 12 nitrogen and oxygen atoms in total. The predicted molar refractivity (Wildman–Crippen MR) is 169 cm³/mol. The highest BCUT2D eigenvalue weighted by molar-refractivity contribution is 6.31. The zero-order chi connectivity index (χ0) is 31.4. The largest absolute Gasteiger partial charge is 0.497 e. The molecule has 1 aliphatic heterocycles. The standard InChI is InChI=1S/C30H28Cl2N8O4/c1-34-14-19-12-21(6-9-23(19)33)35-30(43)26(11-18-3-7-22(44-2)8-4-18)39-17-28(41)38(16-29(39)42)25-13-20(31)5-10-24(25)40-15-27(32)36-37-40/h3-10,12-15,26H,11,16-17,33H2,1-2H3,(H,35,43). The first-order chi connectivity index (χ1) is 21.2. The fraction of sp³-hybridized carbons (Fsp3) is 0.200. The highest BCUT2D eigenvalue weighted by atomic mass is 35.5. The molecule has 5 rings (SSSR count). The maximum atomic E-state index is 13.8. The van der Waals surface area contributed by atoms with E-state index in [0.717, 1.165) is 5.56 Å². The van der Waals surface area contributed by atoms with E-state index in [1.807, 2.05) is 12.1 Å². The average molecular weight is 636 g/mol. The zero-order valence-electron chi connectivity index (χ0n) is 23.8. The number of methoxy groups -OCH3 is 1. The quantitative estimate of drug-likeness (QED) is 0.211. The van der Waals surface area contributed by atoms with Gasteiger partial charge >= 0.3 is 0 Å². The van der Waals surface area contributed by atoms with Crippen LogP contribution in [0.4, 0.5) is 17.1 Å². The summed E-state index contributed by atoms with van der Waals surface area (Å²) in [5, 5.41) is 11.2. The van der Waals surface area contributed by atoms with Gasteiger partial charge in [0, 0.05) is 41.6 Å². The number of hydrogen-bond donors (Lipinski definition) is 2. The first kappa shape index (κ1) is 30.5. The van der Waals surface area contributed by atoms with E-state index in [1.165, 1.54) is 20.7 Å². The van der Waals surface area contributed by atoms with E-state index in [2.05, 4.69) is 20.6 Å². The molecule has 44 heavy (non-hydrogen) atoms. The minimum absolute atomic E-state index is 0.146. The van der Waals surface area contributed by atoms with Crippen LogP contribution in [-0.4, -0.2) is 77.1 Å². The Kier molecular flexibility index (Phi) is 9.12. The van der Waals surface area contributed by atoms with Gasteiger partial charge in [0.05, 0.1) is 24.7 Å². The first-order valence-corrected chi connectivity index (χ1v) is 14.2. The lowest BCUT2D eigenvalue weighted by Crippen LogP contribution is -2.60. The van der Waals surface area contributed by atoms with Crippen molar-refractivity contribution in [2.75, 3.05) is 43.2 Å². The predicted octanol–water partition coefficient (Wildman–Crippen LogP) is 3.64. The van der Waals surface area contributed by atoms with E-state index in [9.17, 15) is 14.4 Å². The fourth-order valence-electron chi connectivity index (χ4n) is 4.86. The Balaban J connectivity index is 1.45. The van der Waals surface area contributed by atoms with Crippen molar-refractivity contribution in [1.29, 1.82) is 0 Å². The molecule has 1 aliphatic rings. The molecule has 14 heteroatoms. The zero-order valence-corrected chi connectivity index (χ0v) is 25.3. The number of piperazine rings is 1. The van der Waals surface area contributed by atoms with Crippen LogP contribution in [0.3, 0.4) is 0 Å². The Morgan fingerprint density at radius 1 is 1.07 bits per heavy atom. The van der Waals surface area contributed by atoms with Gasteiger partial charge in [-0.3, -0.25) is 24.3 Å². The molecule has 3 N–H and O–H groups in total. The molecule has 0 saturated carbocycles. The molecule has 3 aromatic carbocycles. The number of halogens is 2. The van der Waals surface area contributed by atoms with Crippen LogP contribution in [0.2, 0.25) is 10.2 Å². The van der Waals surface area contributed by atoms with Crippen LogP contribution in [0.5, 0.6) is 5.75 Å². The van der Waals surface area contributed by atoms with Gasteiger partial charge in [-0.05, 0) is 54.1 Å². The lowest BCUT2D eigenvalue weighted by molar-refractivity contribution is -0.143. The smallest absolute Gasteiger partial charge is 0.247 e. The number of nitrogens with one attached hydrogen (secondary N) is 1. The van der Waals surface area contributed by atoms with Crippen molar-refractivity contribution in [3.8, 4) is 11.4 Å². The SMILES string of the molecule is CN=Cc1cc(NC(=O)C(Cc2ccc(OC)cc2)N2CC(=O)N(c3cc(Cl)ccc3-n3cc(Cl)nn3)CC2=O)ccc1N. The van der Waals surface area contributed by atoms with Crippen LogP contribution in [0, 0.1) is 0 Å². The van der Waals surface area contributed by atoms with E-state index in [1.54, 1.807) is 68.9 Å². The number of carbonyl (C=O) groups is 3. The lowest BCUT2D eigenvalue weighted by atomic mass is 10.0. The van der Waals surface area contributed by atoms with E-state index in [0.29, 0.717) is 39.1 Å². The van der Waals surface area contributed by atoms with Crippen LogP contribution < -0.4 is 20.7 Å². The topological polar surface area (TPSA) is 148 Å². The molecule has 226 valence electrons. The van der Waals surface area contributed by atoms with Gasteiger partial charge in [0.25, 0.3) is 0 Å². The second-order valence-corrected chi connectivity index (χ2v) is 10.7. The molecule has 3 amide bonds. The van der Waals surface area contributed by atoms with Gasteiger partial charge in [0.1, 0.15) is 24.9 Å². The molecule has 1 saturated heterocycles. The molecular formula is C30H28Cl2N8O4. The summed E-state index contributed by atoms with van der Waals surface area (Å²) in [6, 6.07) is 16.0. The third kappa shape index (κ3) is 6.66. The summed E-state index contributed by atoms with van der Waals surface area (Å²) in [5.74, 6) is -0.675. The number of aromatic nitrogens is 3. The number of anilines is 3. The summed E-state index contributed by atoms with van der Waals surface area (Å²) in [6.45, 7) is -0.688. The Labute approximate surface area is 263 Å². The fourth-order valence-corrected chi connectivity index (χ4v) is 5.16. The van der Waals surface area contributed by atoms with Crippen LogP contribution >= 0.6 is 23.2 Å². The number of amides is 3. The number of benzene rings is 3. The molecule has 4 aromatic rings. The molecule has 0 aliphatic carbocycles. The second-order valence-electron chi connectivity index (χ2n) is 9.91. The Morgan fingerprint density at radius 2 is 1.84 bits per heavy atom. The molecule has 0 radical (unpaired) electrons. The number of nitrogen functional groups attached to an aromatic ring is 1. The van der Waals surface area contributed by atoms with E-state index >= 15 is 0 Å². The molecule has 1 atom stereocenters. The monoisotopic (exact) mass is 634 g/mol. The van der Waals surface area contributed by atoms with Crippen LogP contribution in [0.1, 0.15) is 11.1 Å². The maximum Gasteiger partial charge on any atom is 0.247 e. The van der Waals surface area contributed by atoms with Gasteiger partial charge in [0.2, 0.25) is 17.7 Å². The minimum Gasteiger partial charge on any atom is -0.497 e. The van der Waals surface area contributed by atoms with Gasteiger partial charge in [-0.25, -0.2) is 4.68 Å². The Morgan fingerprint density at radius 3 is 2.52 bits per heavy atom. The summed E-state index contributed by atoms with van der Waals surface area (Å²) in [5.41, 5.74) is 9.18. The average Bonchev–Trinajstić information content (AvgIpc) is 3.44. The summed E-state index contributed by atoms with van der Waals surface area (Å²) < 4.78 is 6.64. The normalized spacial score (nSPS) is 14.3. The Hall–Kier alpha value is -4.94. The van der Waals surface area contributed by atoms with Crippen molar-refractivity contribution in [3.05, 3.63) is 88.2 Å². The number of ether oxygens (including phenoxy) is 1. The molecule has 2 heterocycles. The molecular weight excluding hydrogens is 607 g/mol. The highest BCUT2D eigenvalue weighted by Gasteiger charge is 2.39. The number of carbonyl (C=O) groups excluding carboxylic acids is 3. The second kappa shape index (κ2) is 13.1. The number of aliphatic imine (C=N–C) groups is 1. The van der Waals surface area contributed by atoms with Gasteiger partial charge in [-0.15, -0.1) is 5.10 Å². The van der Waals surface area contributed by atoms with Gasteiger partial charge in [-0.2, -0.15) is 0 Å². The van der Waals surface area contributed by atoms with Crippen molar-refractivity contribution in [2.45, 2.75) is 12.5 Å². The highest BCUT2D eigenvalue weighted by Crippen LogP contribution is 2.30. The number of rotatable bonds is 9. The van der Waals surface area contributed by atoms with Crippen molar-refractivity contribution >= 4 is 64.2 Å². The summed E-state index contributed by atoms with van der Waals surface area (Å²) >= 11 is 12.2. The number of nitrogens with zero attached hydrogens (tertiary/aromatic N) is 6. The van der Waals surface area contributed by atoms with E-state index in [-0.39, 0.29) is 24.7 Å². The maximum absolute atomic E-state index is 13.8. The number of hydrogen-bond acceptors (Lipinski definition) is 8. The summed E-state index contributed by atoms with van der Waals surface area (Å²) in [6.07, 6.45) is 3.20.